The average Bonchev–Trinajstić information content (AvgIpc) is 2.32. The molecule has 0 amide bonds. The molecule has 0 saturated heterocycles. The molecule has 0 saturated carbocycles. The average molecular weight is 317 g/mol. The number of ketones is 1. The number of aliphatic hydroxyl groups is 1. The Labute approximate surface area is 111 Å². The van der Waals surface area contributed by atoms with Crippen molar-refractivity contribution in [1.82, 2.24) is 0 Å². The van der Waals surface area contributed by atoms with Crippen LogP contribution in [0.5, 0.6) is 0 Å². The molecule has 0 aliphatic heterocycles. The van der Waals surface area contributed by atoms with Crippen LogP contribution in [0.2, 0.25) is 0 Å². The van der Waals surface area contributed by atoms with E-state index in [4.69, 9.17) is 0 Å². The van der Waals surface area contributed by atoms with Crippen LogP contribution >= 0.6 is 15.9 Å². The lowest BCUT2D eigenvalue weighted by Crippen LogP contribution is -2.09. The maximum Gasteiger partial charge on any atom is 0.373 e. The Hall–Kier alpha value is -1.69. The summed E-state index contributed by atoms with van der Waals surface area (Å²) >= 11 is 2.93. The van der Waals surface area contributed by atoms with Gasteiger partial charge in [-0.2, -0.15) is 0 Å². The van der Waals surface area contributed by atoms with E-state index in [0.29, 0.717) is 0 Å². The monoisotopic (exact) mass is 316 g/mol. The van der Waals surface area contributed by atoms with Gasteiger partial charge in [-0.1, -0.05) is 0 Å². The van der Waals surface area contributed by atoms with Crippen LogP contribution in [0.3, 0.4) is 0 Å². The first-order valence-corrected chi connectivity index (χ1v) is 5.82. The number of aliphatic hydroxyl groups excluding tert-OH is 1. The topological polar surface area (TPSA) is 63.6 Å². The van der Waals surface area contributed by atoms with E-state index in [0.717, 1.165) is 12.1 Å². The molecule has 4 nitrogen and oxygen atoms in total. The predicted molar refractivity (Wildman–Crippen MR) is 65.8 cm³/mol. The number of hydrogen-bond acceptors (Lipinski definition) is 4. The number of esters is 1. The molecule has 1 aromatic carbocycles. The molecule has 0 heterocycles. The maximum atomic E-state index is 13.0. The summed E-state index contributed by atoms with van der Waals surface area (Å²) in [7, 11) is 0. The van der Waals surface area contributed by atoms with E-state index >= 15 is 0 Å². The zero-order valence-corrected chi connectivity index (χ0v) is 11.0. The first-order valence-electron chi connectivity index (χ1n) is 5.03. The maximum absolute atomic E-state index is 13.0. The van der Waals surface area contributed by atoms with Crippen molar-refractivity contribution in [3.8, 4) is 0 Å². The zero-order valence-electron chi connectivity index (χ0n) is 9.44. The lowest BCUT2D eigenvalue weighted by Gasteiger charge is -2.01. The second-order valence-electron chi connectivity index (χ2n) is 3.24. The molecule has 0 spiro atoms. The van der Waals surface area contributed by atoms with Gasteiger partial charge in [-0.15, -0.1) is 0 Å². The first kappa shape index (κ1) is 14.4. The number of allylic oxidation sites excluding steroid dienone is 1. The molecule has 0 bridgehead atoms. The standard InChI is InChI=1S/C12H10BrFO4/c1-2-18-12(17)11(16)6-10(15)7-3-4-9(14)8(13)5-7/h3-6,16H,2H2,1H3/b11-6+. The van der Waals surface area contributed by atoms with Gasteiger partial charge in [0, 0.05) is 11.6 Å². The molecule has 6 heteroatoms. The van der Waals surface area contributed by atoms with Gasteiger partial charge in [0.1, 0.15) is 5.82 Å². The van der Waals surface area contributed by atoms with Crippen LogP contribution in [0.25, 0.3) is 0 Å². The van der Waals surface area contributed by atoms with Crippen LogP contribution in [-0.4, -0.2) is 23.5 Å². The van der Waals surface area contributed by atoms with Gasteiger partial charge >= 0.3 is 5.97 Å². The Morgan fingerprint density at radius 2 is 2.17 bits per heavy atom. The molecule has 0 aliphatic rings. The Morgan fingerprint density at radius 3 is 2.72 bits per heavy atom. The van der Waals surface area contributed by atoms with Crippen LogP contribution in [0.4, 0.5) is 4.39 Å². The third kappa shape index (κ3) is 3.66. The highest BCUT2D eigenvalue weighted by molar-refractivity contribution is 9.10. The minimum atomic E-state index is -0.980. The Balaban J connectivity index is 2.91. The van der Waals surface area contributed by atoms with Crippen molar-refractivity contribution < 1.29 is 23.8 Å². The summed E-state index contributed by atoms with van der Waals surface area (Å²) in [5, 5.41) is 9.28. The molecule has 0 fully saturated rings. The lowest BCUT2D eigenvalue weighted by atomic mass is 10.1. The second kappa shape index (κ2) is 6.30. The summed E-state index contributed by atoms with van der Waals surface area (Å²) < 4.78 is 17.6. The third-order valence-electron chi connectivity index (χ3n) is 1.96. The Kier molecular flexibility index (Phi) is 5.03. The van der Waals surface area contributed by atoms with Crippen LogP contribution in [0.1, 0.15) is 17.3 Å². The zero-order chi connectivity index (χ0) is 13.7. The number of hydrogen-bond donors (Lipinski definition) is 1. The largest absolute Gasteiger partial charge is 0.502 e. The third-order valence-corrected chi connectivity index (χ3v) is 2.56. The van der Waals surface area contributed by atoms with Gasteiger partial charge in [-0.25, -0.2) is 9.18 Å². The molecule has 96 valence electrons. The molecule has 18 heavy (non-hydrogen) atoms. The Bertz CT molecular complexity index is 511. The number of benzene rings is 1. The highest BCUT2D eigenvalue weighted by Crippen LogP contribution is 2.17. The van der Waals surface area contributed by atoms with E-state index in [1.807, 2.05) is 0 Å². The van der Waals surface area contributed by atoms with Gasteiger partial charge in [0.15, 0.2) is 5.78 Å². The van der Waals surface area contributed by atoms with Gasteiger partial charge in [0.25, 0.3) is 0 Å². The fourth-order valence-electron chi connectivity index (χ4n) is 1.12. The molecule has 0 aliphatic carbocycles. The fraction of sp³-hybridized carbons (Fsp3) is 0.167. The van der Waals surface area contributed by atoms with Crippen molar-refractivity contribution in [2.75, 3.05) is 6.61 Å². The van der Waals surface area contributed by atoms with Crippen molar-refractivity contribution in [3.63, 3.8) is 0 Å². The second-order valence-corrected chi connectivity index (χ2v) is 4.10. The minimum absolute atomic E-state index is 0.0903. The molecule has 0 aromatic heterocycles. The predicted octanol–water partition coefficient (Wildman–Crippen LogP) is 2.78. The quantitative estimate of drug-likeness (QED) is 0.401. The number of carbonyl (C=O) groups excluding carboxylic acids is 2. The van der Waals surface area contributed by atoms with E-state index in [2.05, 4.69) is 20.7 Å². The van der Waals surface area contributed by atoms with Crippen molar-refractivity contribution in [1.29, 1.82) is 0 Å². The summed E-state index contributed by atoms with van der Waals surface area (Å²) in [6.45, 7) is 1.66. The van der Waals surface area contributed by atoms with E-state index in [-0.39, 0.29) is 16.6 Å². The Morgan fingerprint density at radius 1 is 1.50 bits per heavy atom. The molecule has 0 atom stereocenters. The summed E-state index contributed by atoms with van der Waals surface area (Å²) in [6, 6.07) is 3.61. The SMILES string of the molecule is CCOC(=O)/C(O)=C\C(=O)c1ccc(F)c(Br)c1. The summed E-state index contributed by atoms with van der Waals surface area (Å²) in [5.41, 5.74) is 0.138. The van der Waals surface area contributed by atoms with Gasteiger partial charge in [-0.05, 0) is 41.1 Å². The lowest BCUT2D eigenvalue weighted by molar-refractivity contribution is -0.141. The van der Waals surface area contributed by atoms with Crippen LogP contribution in [-0.2, 0) is 9.53 Å². The number of carbonyl (C=O) groups is 2. The van der Waals surface area contributed by atoms with E-state index < -0.39 is 23.3 Å². The van der Waals surface area contributed by atoms with Gasteiger partial charge < -0.3 is 9.84 Å². The molecular weight excluding hydrogens is 307 g/mol. The van der Waals surface area contributed by atoms with Gasteiger partial charge in [0.05, 0.1) is 11.1 Å². The number of halogens is 2. The summed E-state index contributed by atoms with van der Waals surface area (Å²) in [5.74, 6) is -2.90. The normalized spacial score (nSPS) is 11.2. The van der Waals surface area contributed by atoms with E-state index in [9.17, 15) is 19.1 Å². The van der Waals surface area contributed by atoms with Crippen LogP contribution in [0, 0.1) is 5.82 Å². The van der Waals surface area contributed by atoms with Gasteiger partial charge in [0.2, 0.25) is 5.76 Å². The number of rotatable bonds is 4. The van der Waals surface area contributed by atoms with Crippen molar-refractivity contribution >= 4 is 27.7 Å². The van der Waals surface area contributed by atoms with Crippen molar-refractivity contribution in [2.24, 2.45) is 0 Å². The highest BCUT2D eigenvalue weighted by atomic mass is 79.9. The molecule has 0 radical (unpaired) electrons. The first-order chi connectivity index (χ1) is 8.45. The molecule has 1 rings (SSSR count). The summed E-state index contributed by atoms with van der Waals surface area (Å²) in [4.78, 5) is 22.7. The fourth-order valence-corrected chi connectivity index (χ4v) is 1.50. The van der Waals surface area contributed by atoms with Crippen molar-refractivity contribution in [2.45, 2.75) is 6.92 Å². The number of ether oxygens (including phenoxy) is 1. The highest BCUT2D eigenvalue weighted by Gasteiger charge is 2.13. The van der Waals surface area contributed by atoms with E-state index in [1.54, 1.807) is 6.92 Å². The molecule has 1 aromatic rings. The van der Waals surface area contributed by atoms with Crippen molar-refractivity contribution in [3.05, 3.63) is 45.9 Å². The van der Waals surface area contributed by atoms with Crippen LogP contribution < -0.4 is 0 Å². The smallest absolute Gasteiger partial charge is 0.373 e. The minimum Gasteiger partial charge on any atom is -0.502 e. The van der Waals surface area contributed by atoms with Gasteiger partial charge in [-0.3, -0.25) is 4.79 Å². The van der Waals surface area contributed by atoms with E-state index in [1.165, 1.54) is 12.1 Å². The molecule has 0 unspecified atom stereocenters. The molecule has 1 N–H and O–H groups in total. The van der Waals surface area contributed by atoms with Crippen LogP contribution in [0.15, 0.2) is 34.5 Å². The molecular formula is C12H10BrFO4. The summed E-state index contributed by atoms with van der Waals surface area (Å²) in [6.07, 6.45) is 0.734.